The summed E-state index contributed by atoms with van der Waals surface area (Å²) in [7, 11) is 0. The zero-order valence-electron chi connectivity index (χ0n) is 11.3. The second-order valence-electron chi connectivity index (χ2n) is 4.45. The molecular weight excluding hydrogens is 271 g/mol. The maximum Gasteiger partial charge on any atom is 0.328 e. The maximum absolute atomic E-state index is 13.4. The van der Waals surface area contributed by atoms with E-state index in [0.29, 0.717) is 5.56 Å². The van der Waals surface area contributed by atoms with Crippen molar-refractivity contribution in [2.45, 2.75) is 13.2 Å². The van der Waals surface area contributed by atoms with E-state index in [9.17, 15) is 9.18 Å². The average molecular weight is 286 g/mol. The van der Waals surface area contributed by atoms with Crippen LogP contribution in [0.25, 0.3) is 6.08 Å². The third kappa shape index (κ3) is 4.54. The van der Waals surface area contributed by atoms with Crippen LogP contribution in [0.1, 0.15) is 16.7 Å². The van der Waals surface area contributed by atoms with Crippen molar-refractivity contribution in [3.63, 3.8) is 0 Å². The molecule has 2 rings (SSSR count). The number of carboxylic acid groups (broad SMARTS) is 1. The molecule has 0 heterocycles. The van der Waals surface area contributed by atoms with Crippen molar-refractivity contribution in [2.24, 2.45) is 0 Å². The fourth-order valence-electron chi connectivity index (χ4n) is 1.88. The lowest BCUT2D eigenvalue weighted by molar-refractivity contribution is -0.131. The smallest absolute Gasteiger partial charge is 0.328 e. The van der Waals surface area contributed by atoms with Gasteiger partial charge in [0.05, 0.1) is 13.2 Å². The standard InChI is InChI=1S/C17H15FO3/c18-16-8-4-3-7-15(16)12-21-11-14-6-2-1-5-13(14)9-10-17(19)20/h1-10H,11-12H2,(H,19,20). The SMILES string of the molecule is O=C(O)C=Cc1ccccc1COCc1ccccc1F. The van der Waals surface area contributed by atoms with Crippen molar-refractivity contribution in [1.82, 2.24) is 0 Å². The van der Waals surface area contributed by atoms with Gasteiger partial charge >= 0.3 is 5.97 Å². The van der Waals surface area contributed by atoms with Crippen molar-refractivity contribution in [3.8, 4) is 0 Å². The molecule has 0 saturated heterocycles. The molecule has 4 heteroatoms. The Labute approximate surface area is 122 Å². The van der Waals surface area contributed by atoms with Gasteiger partial charge in [-0.1, -0.05) is 42.5 Å². The number of carboxylic acids is 1. The van der Waals surface area contributed by atoms with Crippen molar-refractivity contribution < 1.29 is 19.0 Å². The Kier molecular flexibility index (Phi) is 5.23. The van der Waals surface area contributed by atoms with Crippen molar-refractivity contribution in [3.05, 3.63) is 77.1 Å². The monoisotopic (exact) mass is 286 g/mol. The van der Waals surface area contributed by atoms with Gasteiger partial charge in [-0.3, -0.25) is 0 Å². The third-order valence-corrected chi connectivity index (χ3v) is 2.93. The van der Waals surface area contributed by atoms with E-state index in [2.05, 4.69) is 0 Å². The first-order valence-electron chi connectivity index (χ1n) is 6.47. The van der Waals surface area contributed by atoms with Crippen LogP contribution in [-0.2, 0) is 22.7 Å². The number of aliphatic carboxylic acids is 1. The number of ether oxygens (including phenoxy) is 1. The summed E-state index contributed by atoms with van der Waals surface area (Å²) >= 11 is 0. The Hall–Kier alpha value is -2.46. The van der Waals surface area contributed by atoms with Crippen LogP contribution in [0.15, 0.2) is 54.6 Å². The molecule has 108 valence electrons. The average Bonchev–Trinajstić information content (AvgIpc) is 2.48. The van der Waals surface area contributed by atoms with Crippen LogP contribution in [0.2, 0.25) is 0 Å². The molecular formula is C17H15FO3. The molecule has 0 spiro atoms. The molecule has 0 fully saturated rings. The molecule has 3 nitrogen and oxygen atoms in total. The molecule has 0 aliphatic heterocycles. The van der Waals surface area contributed by atoms with Crippen LogP contribution in [0, 0.1) is 5.82 Å². The molecule has 0 bridgehead atoms. The van der Waals surface area contributed by atoms with Gasteiger partial charge in [-0.2, -0.15) is 0 Å². The van der Waals surface area contributed by atoms with E-state index < -0.39 is 5.97 Å². The summed E-state index contributed by atoms with van der Waals surface area (Å²) in [5, 5.41) is 8.66. The minimum atomic E-state index is -1.00. The molecule has 21 heavy (non-hydrogen) atoms. The largest absolute Gasteiger partial charge is 0.478 e. The summed E-state index contributed by atoms with van der Waals surface area (Å²) in [6.45, 7) is 0.456. The maximum atomic E-state index is 13.4. The van der Waals surface area contributed by atoms with Gasteiger partial charge in [-0.05, 0) is 23.3 Å². The predicted molar refractivity (Wildman–Crippen MR) is 78.0 cm³/mol. The highest BCUT2D eigenvalue weighted by Gasteiger charge is 2.03. The summed E-state index contributed by atoms with van der Waals surface area (Å²) in [6, 6.07) is 13.8. The molecule has 0 aliphatic carbocycles. The van der Waals surface area contributed by atoms with Crippen LogP contribution >= 0.6 is 0 Å². The number of benzene rings is 2. The second-order valence-corrected chi connectivity index (χ2v) is 4.45. The van der Waals surface area contributed by atoms with Crippen LogP contribution in [0.3, 0.4) is 0 Å². The highest BCUT2D eigenvalue weighted by molar-refractivity contribution is 5.85. The van der Waals surface area contributed by atoms with Crippen molar-refractivity contribution >= 4 is 12.0 Å². The Balaban J connectivity index is 2.00. The van der Waals surface area contributed by atoms with Gasteiger partial charge in [0.25, 0.3) is 0 Å². The highest BCUT2D eigenvalue weighted by Crippen LogP contribution is 2.14. The lowest BCUT2D eigenvalue weighted by Gasteiger charge is -2.08. The first-order chi connectivity index (χ1) is 10.2. The second kappa shape index (κ2) is 7.36. The number of hydrogen-bond acceptors (Lipinski definition) is 2. The molecule has 2 aromatic rings. The molecule has 0 unspecified atom stereocenters. The lowest BCUT2D eigenvalue weighted by atomic mass is 10.1. The minimum absolute atomic E-state index is 0.170. The van der Waals surface area contributed by atoms with E-state index in [4.69, 9.17) is 9.84 Å². The van der Waals surface area contributed by atoms with Gasteiger partial charge in [-0.25, -0.2) is 9.18 Å². The number of carbonyl (C=O) groups is 1. The van der Waals surface area contributed by atoms with E-state index in [1.54, 1.807) is 24.3 Å². The van der Waals surface area contributed by atoms with Gasteiger partial charge in [0.1, 0.15) is 5.82 Å². The van der Waals surface area contributed by atoms with Gasteiger partial charge < -0.3 is 9.84 Å². The Bertz CT molecular complexity index is 650. The Morgan fingerprint density at radius 2 is 1.67 bits per heavy atom. The third-order valence-electron chi connectivity index (χ3n) is 2.93. The van der Waals surface area contributed by atoms with Gasteiger partial charge in [0.15, 0.2) is 0 Å². The van der Waals surface area contributed by atoms with Crippen LogP contribution in [0.4, 0.5) is 4.39 Å². The fraction of sp³-hybridized carbons (Fsp3) is 0.118. The van der Waals surface area contributed by atoms with E-state index in [1.807, 2.05) is 18.2 Å². The molecule has 0 amide bonds. The zero-order valence-corrected chi connectivity index (χ0v) is 11.3. The van der Waals surface area contributed by atoms with Crippen LogP contribution in [-0.4, -0.2) is 11.1 Å². The van der Waals surface area contributed by atoms with Gasteiger partial charge in [0, 0.05) is 11.6 Å². The molecule has 0 radical (unpaired) electrons. The highest BCUT2D eigenvalue weighted by atomic mass is 19.1. The van der Waals surface area contributed by atoms with Crippen LogP contribution < -0.4 is 0 Å². The van der Waals surface area contributed by atoms with Gasteiger partial charge in [-0.15, -0.1) is 0 Å². The molecule has 2 aromatic carbocycles. The zero-order chi connectivity index (χ0) is 15.1. The Morgan fingerprint density at radius 3 is 2.38 bits per heavy atom. The van der Waals surface area contributed by atoms with Gasteiger partial charge in [0.2, 0.25) is 0 Å². The quantitative estimate of drug-likeness (QED) is 0.825. The number of rotatable bonds is 6. The first kappa shape index (κ1) is 14.9. The first-order valence-corrected chi connectivity index (χ1v) is 6.47. The normalized spacial score (nSPS) is 10.9. The molecule has 0 aliphatic rings. The fourth-order valence-corrected chi connectivity index (χ4v) is 1.88. The number of hydrogen-bond donors (Lipinski definition) is 1. The summed E-state index contributed by atoms with van der Waals surface area (Å²) in [5.74, 6) is -1.30. The lowest BCUT2D eigenvalue weighted by Crippen LogP contribution is -1.98. The predicted octanol–water partition coefficient (Wildman–Crippen LogP) is 3.64. The summed E-state index contributed by atoms with van der Waals surface area (Å²) < 4.78 is 19.0. The topological polar surface area (TPSA) is 46.5 Å². The van der Waals surface area contributed by atoms with Crippen molar-refractivity contribution in [1.29, 1.82) is 0 Å². The summed E-state index contributed by atoms with van der Waals surface area (Å²) in [5.41, 5.74) is 2.12. The summed E-state index contributed by atoms with van der Waals surface area (Å²) in [6.07, 6.45) is 2.60. The molecule has 0 aromatic heterocycles. The van der Waals surface area contributed by atoms with Crippen molar-refractivity contribution in [2.75, 3.05) is 0 Å². The summed E-state index contributed by atoms with van der Waals surface area (Å²) in [4.78, 5) is 10.6. The van der Waals surface area contributed by atoms with E-state index in [1.165, 1.54) is 12.1 Å². The van der Waals surface area contributed by atoms with E-state index in [-0.39, 0.29) is 19.0 Å². The van der Waals surface area contributed by atoms with Crippen LogP contribution in [0.5, 0.6) is 0 Å². The molecule has 1 N–H and O–H groups in total. The molecule has 0 atom stereocenters. The van der Waals surface area contributed by atoms with E-state index in [0.717, 1.165) is 17.2 Å². The number of halogens is 1. The minimum Gasteiger partial charge on any atom is -0.478 e. The van der Waals surface area contributed by atoms with E-state index >= 15 is 0 Å². The molecule has 0 saturated carbocycles. The Morgan fingerprint density at radius 1 is 1.05 bits per heavy atom.